The number of nitrogen functional groups attached to an aromatic ring is 1. The van der Waals surface area contributed by atoms with Crippen molar-refractivity contribution in [2.75, 3.05) is 11.1 Å². The predicted octanol–water partition coefficient (Wildman–Crippen LogP) is 3.72. The van der Waals surface area contributed by atoms with Gasteiger partial charge < -0.3 is 20.7 Å². The molecule has 1 saturated carbocycles. The molecule has 0 aromatic carbocycles. The van der Waals surface area contributed by atoms with E-state index >= 15 is 0 Å². The average Bonchev–Trinajstić information content (AvgIpc) is 3.29. The third kappa shape index (κ3) is 3.56. The van der Waals surface area contributed by atoms with Gasteiger partial charge in [-0.05, 0) is 71.6 Å². The summed E-state index contributed by atoms with van der Waals surface area (Å²) in [6, 6.07) is 6.43. The Morgan fingerprint density at radius 1 is 1.16 bits per heavy atom. The summed E-state index contributed by atoms with van der Waals surface area (Å²) in [6.45, 7) is 8.16. The summed E-state index contributed by atoms with van der Waals surface area (Å²) in [4.78, 5) is 14.1. The molecule has 0 atom stereocenters. The lowest BCUT2D eigenvalue weighted by molar-refractivity contribution is 0.0195. The van der Waals surface area contributed by atoms with E-state index in [2.05, 4.69) is 38.8 Å². The molecule has 0 bridgehead atoms. The van der Waals surface area contributed by atoms with Crippen molar-refractivity contribution in [1.29, 1.82) is 0 Å². The summed E-state index contributed by atoms with van der Waals surface area (Å²) < 4.78 is 3.90. The molecular formula is C23H30N8O. The molecule has 0 spiro atoms. The zero-order chi connectivity index (χ0) is 22.6. The van der Waals surface area contributed by atoms with Gasteiger partial charge in [-0.2, -0.15) is 4.98 Å². The van der Waals surface area contributed by atoms with Crippen LogP contribution in [0, 0.1) is 6.92 Å². The van der Waals surface area contributed by atoms with Crippen LogP contribution in [-0.2, 0) is 0 Å². The van der Waals surface area contributed by atoms with Crippen molar-refractivity contribution in [1.82, 2.24) is 29.1 Å². The van der Waals surface area contributed by atoms with Crippen molar-refractivity contribution in [2.45, 2.75) is 71.1 Å². The van der Waals surface area contributed by atoms with Gasteiger partial charge in [-0.3, -0.25) is 0 Å². The maximum atomic E-state index is 10.2. The summed E-state index contributed by atoms with van der Waals surface area (Å²) in [5.74, 6) is 1.85. The van der Waals surface area contributed by atoms with E-state index in [0.29, 0.717) is 11.8 Å². The monoisotopic (exact) mass is 434 g/mol. The highest BCUT2D eigenvalue weighted by Gasteiger charge is 2.29. The maximum absolute atomic E-state index is 10.2. The highest BCUT2D eigenvalue weighted by molar-refractivity contribution is 5.88. The third-order valence-corrected chi connectivity index (χ3v) is 6.44. The number of nitrogens with zero attached hydrogens (tertiary/aromatic N) is 6. The Morgan fingerprint density at radius 2 is 1.91 bits per heavy atom. The van der Waals surface area contributed by atoms with Crippen molar-refractivity contribution in [2.24, 2.45) is 0 Å². The molecule has 5 rings (SSSR count). The number of anilines is 2. The first-order valence-electron chi connectivity index (χ1n) is 11.2. The third-order valence-electron chi connectivity index (χ3n) is 6.44. The van der Waals surface area contributed by atoms with Gasteiger partial charge in [-0.25, -0.2) is 14.5 Å². The van der Waals surface area contributed by atoms with E-state index in [-0.39, 0.29) is 12.1 Å². The standard InChI is InChI=1S/C23H30N8O/c1-13(2)31-14(3)25-18-6-5-17(27-21(18)31)16-9-12-30-19(16)20(24)28-22(29-30)26-15-7-10-23(4,32)11-8-15/h5-6,9,12-13,15,32H,7-8,10-11H2,1-4H3,(H3,24,26,28,29). The van der Waals surface area contributed by atoms with Crippen LogP contribution in [0.3, 0.4) is 0 Å². The van der Waals surface area contributed by atoms with Gasteiger partial charge >= 0.3 is 0 Å². The molecule has 168 valence electrons. The second-order valence-corrected chi connectivity index (χ2v) is 9.42. The molecule has 0 unspecified atom stereocenters. The Morgan fingerprint density at radius 3 is 2.62 bits per heavy atom. The van der Waals surface area contributed by atoms with Crippen LogP contribution in [0.1, 0.15) is 58.3 Å². The summed E-state index contributed by atoms with van der Waals surface area (Å²) in [5, 5.41) is 18.2. The first kappa shape index (κ1) is 20.7. The second-order valence-electron chi connectivity index (χ2n) is 9.42. The first-order valence-corrected chi connectivity index (χ1v) is 11.2. The fraction of sp³-hybridized carbons (Fsp3) is 0.478. The average molecular weight is 435 g/mol. The lowest BCUT2D eigenvalue weighted by atomic mass is 9.84. The van der Waals surface area contributed by atoms with Gasteiger partial charge in [0.05, 0.1) is 11.3 Å². The molecule has 0 aliphatic heterocycles. The maximum Gasteiger partial charge on any atom is 0.243 e. The topological polar surface area (TPSA) is 119 Å². The van der Waals surface area contributed by atoms with Crippen molar-refractivity contribution < 1.29 is 5.11 Å². The van der Waals surface area contributed by atoms with Crippen molar-refractivity contribution >= 4 is 28.4 Å². The van der Waals surface area contributed by atoms with Crippen molar-refractivity contribution in [3.8, 4) is 11.3 Å². The number of hydrogen-bond donors (Lipinski definition) is 3. The number of aryl methyl sites for hydroxylation is 1. The van der Waals surface area contributed by atoms with Crippen LogP contribution in [0.15, 0.2) is 24.4 Å². The molecule has 0 radical (unpaired) electrons. The van der Waals surface area contributed by atoms with Gasteiger partial charge in [-0.15, -0.1) is 5.10 Å². The lowest BCUT2D eigenvalue weighted by Crippen LogP contribution is -2.36. The highest BCUT2D eigenvalue weighted by atomic mass is 16.3. The molecule has 0 saturated heterocycles. The molecular weight excluding hydrogens is 404 g/mol. The molecule has 4 heterocycles. The number of hydrogen-bond acceptors (Lipinski definition) is 7. The molecule has 1 aliphatic carbocycles. The van der Waals surface area contributed by atoms with Crippen LogP contribution in [0.2, 0.25) is 0 Å². The summed E-state index contributed by atoms with van der Waals surface area (Å²) in [5.41, 5.74) is 9.99. The van der Waals surface area contributed by atoms with Gasteiger partial charge in [0.15, 0.2) is 11.5 Å². The van der Waals surface area contributed by atoms with Crippen molar-refractivity contribution in [3.63, 3.8) is 0 Å². The molecule has 1 aliphatic rings. The van der Waals surface area contributed by atoms with Crippen LogP contribution >= 0.6 is 0 Å². The number of fused-ring (bicyclic) bond motifs is 2. The number of nitrogens with one attached hydrogen (secondary N) is 1. The van der Waals surface area contributed by atoms with Crippen LogP contribution in [0.5, 0.6) is 0 Å². The number of rotatable bonds is 4. The number of pyridine rings is 1. The predicted molar refractivity (Wildman–Crippen MR) is 126 cm³/mol. The fourth-order valence-corrected chi connectivity index (χ4v) is 4.74. The smallest absolute Gasteiger partial charge is 0.243 e. The first-order chi connectivity index (χ1) is 15.2. The largest absolute Gasteiger partial charge is 0.390 e. The molecule has 9 nitrogen and oxygen atoms in total. The Labute approximate surface area is 186 Å². The van der Waals surface area contributed by atoms with E-state index in [1.54, 1.807) is 4.52 Å². The molecule has 1 fully saturated rings. The lowest BCUT2D eigenvalue weighted by Gasteiger charge is -2.33. The van der Waals surface area contributed by atoms with Crippen LogP contribution in [0.25, 0.3) is 27.9 Å². The van der Waals surface area contributed by atoms with E-state index in [4.69, 9.17) is 10.7 Å². The SMILES string of the molecule is Cc1nc2ccc(-c3ccn4nc(NC5CCC(C)(O)CC5)nc(N)c34)nc2n1C(C)C. The molecule has 4 aromatic heterocycles. The van der Waals surface area contributed by atoms with Gasteiger partial charge in [0.2, 0.25) is 5.95 Å². The molecule has 4 N–H and O–H groups in total. The second kappa shape index (κ2) is 7.44. The van der Waals surface area contributed by atoms with Crippen LogP contribution < -0.4 is 11.1 Å². The van der Waals surface area contributed by atoms with E-state index in [9.17, 15) is 5.11 Å². The number of aromatic nitrogens is 6. The van der Waals surface area contributed by atoms with Crippen LogP contribution in [-0.4, -0.2) is 45.9 Å². The zero-order valence-electron chi connectivity index (χ0n) is 19.0. The van der Waals surface area contributed by atoms with Gasteiger partial charge in [-0.1, -0.05) is 0 Å². The summed E-state index contributed by atoms with van der Waals surface area (Å²) in [6.07, 6.45) is 5.15. The van der Waals surface area contributed by atoms with E-state index in [1.165, 1.54) is 0 Å². The normalized spacial score (nSPS) is 21.6. The van der Waals surface area contributed by atoms with E-state index in [0.717, 1.165) is 59.4 Å². The molecule has 32 heavy (non-hydrogen) atoms. The molecule has 4 aromatic rings. The molecule has 0 amide bonds. The summed E-state index contributed by atoms with van der Waals surface area (Å²) in [7, 11) is 0. The van der Waals surface area contributed by atoms with Gasteiger partial charge in [0.1, 0.15) is 16.9 Å². The molecule has 9 heteroatoms. The van der Waals surface area contributed by atoms with Gasteiger partial charge in [0.25, 0.3) is 0 Å². The minimum absolute atomic E-state index is 0.228. The summed E-state index contributed by atoms with van der Waals surface area (Å²) >= 11 is 0. The minimum atomic E-state index is -0.574. The quantitative estimate of drug-likeness (QED) is 0.448. The Bertz CT molecular complexity index is 1290. The fourth-order valence-electron chi connectivity index (χ4n) is 4.74. The number of imidazole rings is 1. The van der Waals surface area contributed by atoms with Crippen LogP contribution in [0.4, 0.5) is 11.8 Å². The Kier molecular flexibility index (Phi) is 4.81. The Hall–Kier alpha value is -3.20. The van der Waals surface area contributed by atoms with E-state index < -0.39 is 5.60 Å². The number of aliphatic hydroxyl groups is 1. The highest BCUT2D eigenvalue weighted by Crippen LogP contribution is 2.32. The van der Waals surface area contributed by atoms with Crippen molar-refractivity contribution in [3.05, 3.63) is 30.2 Å². The zero-order valence-corrected chi connectivity index (χ0v) is 19.0. The Balaban J connectivity index is 1.49. The van der Waals surface area contributed by atoms with E-state index in [1.807, 2.05) is 38.2 Å². The van der Waals surface area contributed by atoms with Gasteiger partial charge in [0, 0.05) is 23.8 Å². The number of nitrogens with two attached hydrogens (primary N) is 1. The minimum Gasteiger partial charge on any atom is -0.390 e.